The van der Waals surface area contributed by atoms with Crippen molar-refractivity contribution in [3.8, 4) is 17.2 Å². The van der Waals surface area contributed by atoms with Crippen LogP contribution in [0.4, 0.5) is 0 Å². The quantitative estimate of drug-likeness (QED) is 0.570. The molecule has 2 aromatic carbocycles. The third-order valence-electron chi connectivity index (χ3n) is 4.22. The molecule has 0 atom stereocenters. The number of hydrogen-bond acceptors (Lipinski definition) is 6. The number of methoxy groups -OCH3 is 3. The Morgan fingerprint density at radius 2 is 1.66 bits per heavy atom. The van der Waals surface area contributed by atoms with E-state index in [-0.39, 0.29) is 18.8 Å². The number of benzene rings is 2. The summed E-state index contributed by atoms with van der Waals surface area (Å²) in [6.45, 7) is 0.209. The monoisotopic (exact) mass is 422 g/mol. The number of hydrogen-bond donors (Lipinski definition) is 2. The Hall–Kier alpha value is -2.78. The summed E-state index contributed by atoms with van der Waals surface area (Å²) in [5.41, 5.74) is 1.22. The first-order chi connectivity index (χ1) is 13.9. The van der Waals surface area contributed by atoms with Gasteiger partial charge in [-0.25, -0.2) is 13.1 Å². The van der Waals surface area contributed by atoms with Gasteiger partial charge in [-0.15, -0.1) is 0 Å². The molecule has 9 heteroatoms. The van der Waals surface area contributed by atoms with Crippen molar-refractivity contribution < 1.29 is 27.4 Å². The van der Waals surface area contributed by atoms with Crippen molar-refractivity contribution in [1.29, 1.82) is 0 Å². The van der Waals surface area contributed by atoms with Crippen molar-refractivity contribution >= 4 is 15.9 Å². The summed E-state index contributed by atoms with van der Waals surface area (Å²) in [4.78, 5) is 12.3. The molecule has 0 spiro atoms. The fourth-order valence-corrected chi connectivity index (χ4v) is 3.63. The number of amides is 1. The van der Waals surface area contributed by atoms with Crippen molar-refractivity contribution in [1.82, 2.24) is 10.0 Å². The molecule has 0 unspecified atom stereocenters. The van der Waals surface area contributed by atoms with E-state index in [1.54, 1.807) is 25.3 Å². The molecule has 8 nitrogen and oxygen atoms in total. The maximum absolute atomic E-state index is 12.3. The first-order valence-electron chi connectivity index (χ1n) is 8.99. The number of carbonyl (C=O) groups excluding carboxylic acids is 1. The van der Waals surface area contributed by atoms with Gasteiger partial charge >= 0.3 is 0 Å². The lowest BCUT2D eigenvalue weighted by Crippen LogP contribution is -2.35. The van der Waals surface area contributed by atoms with E-state index in [1.807, 2.05) is 24.3 Å². The van der Waals surface area contributed by atoms with Crippen molar-refractivity contribution in [2.75, 3.05) is 40.2 Å². The zero-order valence-corrected chi connectivity index (χ0v) is 17.5. The molecule has 2 rings (SSSR count). The van der Waals surface area contributed by atoms with Crippen LogP contribution in [0, 0.1) is 0 Å². The number of carbonyl (C=O) groups is 1. The molecule has 0 saturated carbocycles. The Balaban J connectivity index is 1.83. The molecule has 0 aliphatic heterocycles. The molecule has 0 aliphatic rings. The zero-order chi connectivity index (χ0) is 21.3. The second-order valence-electron chi connectivity index (χ2n) is 6.10. The summed E-state index contributed by atoms with van der Waals surface area (Å²) < 4.78 is 42.4. The Morgan fingerprint density at radius 3 is 2.34 bits per heavy atom. The lowest BCUT2D eigenvalue weighted by molar-refractivity contribution is 0.0953. The highest BCUT2D eigenvalue weighted by Crippen LogP contribution is 2.24. The molecule has 1 amide bonds. The predicted molar refractivity (Wildman–Crippen MR) is 110 cm³/mol. The SMILES string of the molecule is COc1ccc(C(=O)NCCS(=O)(=O)NCCc2ccccc2OC)c(OC)c1. The van der Waals surface area contributed by atoms with Gasteiger partial charge in [0.2, 0.25) is 10.0 Å². The van der Waals surface area contributed by atoms with E-state index in [0.29, 0.717) is 29.2 Å². The summed E-state index contributed by atoms with van der Waals surface area (Å²) in [6, 6.07) is 12.2. The van der Waals surface area contributed by atoms with Crippen LogP contribution in [0.15, 0.2) is 42.5 Å². The van der Waals surface area contributed by atoms with Crippen LogP contribution in [0.25, 0.3) is 0 Å². The average molecular weight is 423 g/mol. The van der Waals surface area contributed by atoms with Gasteiger partial charge in [-0.05, 0) is 30.2 Å². The predicted octanol–water partition coefficient (Wildman–Crippen LogP) is 1.60. The largest absolute Gasteiger partial charge is 0.497 e. The molecule has 0 aliphatic carbocycles. The van der Waals surface area contributed by atoms with Gasteiger partial charge in [0.05, 0.1) is 32.6 Å². The lowest BCUT2D eigenvalue weighted by atomic mass is 10.1. The Labute approximate surface area is 171 Å². The standard InChI is InChI=1S/C20H26N2O6S/c1-26-16-8-9-17(19(14-16)28-3)20(23)21-12-13-29(24,25)22-11-10-15-6-4-5-7-18(15)27-2/h4-9,14,22H,10-13H2,1-3H3,(H,21,23). The first kappa shape index (κ1) is 22.5. The van der Waals surface area contributed by atoms with Gasteiger partial charge in [0.15, 0.2) is 0 Å². The highest BCUT2D eigenvalue weighted by atomic mass is 32.2. The number of sulfonamides is 1. The minimum atomic E-state index is -3.53. The van der Waals surface area contributed by atoms with Crippen LogP contribution in [0.1, 0.15) is 15.9 Å². The van der Waals surface area contributed by atoms with E-state index >= 15 is 0 Å². The fraction of sp³-hybridized carbons (Fsp3) is 0.350. The minimum absolute atomic E-state index is 0.0298. The van der Waals surface area contributed by atoms with Gasteiger partial charge < -0.3 is 19.5 Å². The molecular formula is C20H26N2O6S. The van der Waals surface area contributed by atoms with Crippen LogP contribution in [-0.2, 0) is 16.4 Å². The van der Waals surface area contributed by atoms with E-state index < -0.39 is 15.9 Å². The van der Waals surface area contributed by atoms with Gasteiger partial charge in [-0.3, -0.25) is 4.79 Å². The highest BCUT2D eigenvalue weighted by Gasteiger charge is 2.15. The zero-order valence-electron chi connectivity index (χ0n) is 16.7. The number of ether oxygens (including phenoxy) is 3. The van der Waals surface area contributed by atoms with Crippen LogP contribution in [-0.4, -0.2) is 54.5 Å². The third kappa shape index (κ3) is 6.65. The molecule has 0 saturated heterocycles. The molecule has 0 aromatic heterocycles. The lowest BCUT2D eigenvalue weighted by Gasteiger charge is -2.12. The molecule has 0 bridgehead atoms. The Kier molecular flexibility index (Phi) is 8.29. The van der Waals surface area contributed by atoms with Gasteiger partial charge in [-0.1, -0.05) is 18.2 Å². The minimum Gasteiger partial charge on any atom is -0.497 e. The van der Waals surface area contributed by atoms with Crippen LogP contribution >= 0.6 is 0 Å². The van der Waals surface area contributed by atoms with E-state index in [4.69, 9.17) is 14.2 Å². The van der Waals surface area contributed by atoms with Crippen LogP contribution in [0.5, 0.6) is 17.2 Å². The van der Waals surface area contributed by atoms with Crippen molar-refractivity contribution in [3.63, 3.8) is 0 Å². The summed E-state index contributed by atoms with van der Waals surface area (Å²) in [5.74, 6) is 0.962. The van der Waals surface area contributed by atoms with E-state index in [0.717, 1.165) is 5.56 Å². The normalized spacial score (nSPS) is 11.0. The Morgan fingerprint density at radius 1 is 0.931 bits per heavy atom. The van der Waals surface area contributed by atoms with Crippen LogP contribution < -0.4 is 24.2 Å². The van der Waals surface area contributed by atoms with E-state index in [1.165, 1.54) is 14.2 Å². The van der Waals surface area contributed by atoms with Gasteiger partial charge in [0.1, 0.15) is 17.2 Å². The third-order valence-corrected chi connectivity index (χ3v) is 5.60. The average Bonchev–Trinajstić information content (AvgIpc) is 2.73. The molecule has 29 heavy (non-hydrogen) atoms. The van der Waals surface area contributed by atoms with Crippen molar-refractivity contribution in [3.05, 3.63) is 53.6 Å². The summed E-state index contributed by atoms with van der Waals surface area (Å²) >= 11 is 0. The van der Waals surface area contributed by atoms with Gasteiger partial charge in [0.25, 0.3) is 5.91 Å². The number of rotatable bonds is 11. The molecule has 2 N–H and O–H groups in total. The summed E-state index contributed by atoms with van der Waals surface area (Å²) in [6.07, 6.45) is 0.499. The summed E-state index contributed by atoms with van der Waals surface area (Å²) in [5, 5.41) is 2.59. The molecule has 158 valence electrons. The van der Waals surface area contributed by atoms with Gasteiger partial charge in [-0.2, -0.15) is 0 Å². The highest BCUT2D eigenvalue weighted by molar-refractivity contribution is 7.89. The second kappa shape index (κ2) is 10.7. The second-order valence-corrected chi connectivity index (χ2v) is 8.02. The molecular weight excluding hydrogens is 396 g/mol. The maximum atomic E-state index is 12.3. The maximum Gasteiger partial charge on any atom is 0.255 e. The smallest absolute Gasteiger partial charge is 0.255 e. The van der Waals surface area contributed by atoms with E-state index in [9.17, 15) is 13.2 Å². The molecule has 0 radical (unpaired) electrons. The molecule has 0 fully saturated rings. The number of nitrogens with one attached hydrogen (secondary N) is 2. The van der Waals surface area contributed by atoms with Gasteiger partial charge in [0, 0.05) is 19.2 Å². The van der Waals surface area contributed by atoms with Crippen molar-refractivity contribution in [2.45, 2.75) is 6.42 Å². The molecule has 2 aromatic rings. The fourth-order valence-electron chi connectivity index (χ4n) is 2.70. The van der Waals surface area contributed by atoms with E-state index in [2.05, 4.69) is 10.0 Å². The first-order valence-corrected chi connectivity index (χ1v) is 10.6. The van der Waals surface area contributed by atoms with Crippen LogP contribution in [0.3, 0.4) is 0 Å². The van der Waals surface area contributed by atoms with Crippen LogP contribution in [0.2, 0.25) is 0 Å². The molecule has 0 heterocycles. The topological polar surface area (TPSA) is 103 Å². The van der Waals surface area contributed by atoms with Crippen molar-refractivity contribution in [2.24, 2.45) is 0 Å². The summed E-state index contributed by atoms with van der Waals surface area (Å²) in [7, 11) is 1.00. The number of para-hydroxylation sites is 1. The Bertz CT molecular complexity index is 930.